The highest BCUT2D eigenvalue weighted by Crippen LogP contribution is 2.24. The van der Waals surface area contributed by atoms with Gasteiger partial charge in [0.1, 0.15) is 30.5 Å². The van der Waals surface area contributed by atoms with Crippen LogP contribution in [0.1, 0.15) is 5.56 Å². The zero-order valence-corrected chi connectivity index (χ0v) is 15.6. The van der Waals surface area contributed by atoms with Gasteiger partial charge < -0.3 is 24.8 Å². The van der Waals surface area contributed by atoms with Crippen LogP contribution in [0, 0.1) is 6.92 Å². The van der Waals surface area contributed by atoms with Gasteiger partial charge in [-0.15, -0.1) is 0 Å². The van der Waals surface area contributed by atoms with Gasteiger partial charge in [-0.25, -0.2) is 4.79 Å². The Morgan fingerprint density at radius 1 is 0.962 bits per heavy atom. The SMILES string of the molecule is COc1ccc(OCCNC(=O)NCCOc2cc(C)ccc2Cl)cc1. The third-order valence-electron chi connectivity index (χ3n) is 3.45. The summed E-state index contributed by atoms with van der Waals surface area (Å²) in [6.45, 7) is 3.43. The van der Waals surface area contributed by atoms with Gasteiger partial charge in [-0.3, -0.25) is 0 Å². The molecule has 2 aromatic rings. The van der Waals surface area contributed by atoms with E-state index >= 15 is 0 Å². The van der Waals surface area contributed by atoms with E-state index in [0.29, 0.717) is 37.1 Å². The second-order valence-corrected chi connectivity index (χ2v) is 5.90. The number of methoxy groups -OCH3 is 1. The predicted octanol–water partition coefficient (Wildman–Crippen LogP) is 3.41. The van der Waals surface area contributed by atoms with Crippen LogP contribution in [-0.2, 0) is 0 Å². The zero-order chi connectivity index (χ0) is 18.8. The molecular weight excluding hydrogens is 356 g/mol. The third kappa shape index (κ3) is 6.72. The number of hydrogen-bond acceptors (Lipinski definition) is 4. The standard InChI is InChI=1S/C19H23ClN2O4/c1-14-3-8-17(20)18(13-14)26-12-10-22-19(23)21-9-11-25-16-6-4-15(24-2)5-7-16/h3-8,13H,9-12H2,1-2H3,(H2,21,22,23). The fourth-order valence-corrected chi connectivity index (χ4v) is 2.29. The van der Waals surface area contributed by atoms with E-state index in [1.54, 1.807) is 13.2 Å². The van der Waals surface area contributed by atoms with E-state index in [1.807, 2.05) is 43.3 Å². The van der Waals surface area contributed by atoms with Gasteiger partial charge in [0, 0.05) is 0 Å². The van der Waals surface area contributed by atoms with Crippen LogP contribution in [0.25, 0.3) is 0 Å². The molecule has 0 saturated carbocycles. The van der Waals surface area contributed by atoms with Gasteiger partial charge >= 0.3 is 6.03 Å². The minimum atomic E-state index is -0.276. The number of carbonyl (C=O) groups excluding carboxylic acids is 1. The molecule has 6 nitrogen and oxygen atoms in total. The number of aryl methyl sites for hydroxylation is 1. The second-order valence-electron chi connectivity index (χ2n) is 5.49. The number of halogens is 1. The number of ether oxygens (including phenoxy) is 3. The Morgan fingerprint density at radius 2 is 1.58 bits per heavy atom. The molecule has 140 valence electrons. The topological polar surface area (TPSA) is 68.8 Å². The van der Waals surface area contributed by atoms with E-state index in [-0.39, 0.29) is 6.03 Å². The average molecular weight is 379 g/mol. The lowest BCUT2D eigenvalue weighted by Crippen LogP contribution is -2.39. The Kier molecular flexibility index (Phi) is 7.89. The molecule has 0 atom stereocenters. The van der Waals surface area contributed by atoms with Crippen molar-refractivity contribution in [3.05, 3.63) is 53.1 Å². The smallest absolute Gasteiger partial charge is 0.315 e. The van der Waals surface area contributed by atoms with Crippen molar-refractivity contribution >= 4 is 17.6 Å². The summed E-state index contributed by atoms with van der Waals surface area (Å²) < 4.78 is 16.2. The normalized spacial score (nSPS) is 10.1. The number of rotatable bonds is 9. The molecule has 2 N–H and O–H groups in total. The van der Waals surface area contributed by atoms with Crippen LogP contribution in [0.5, 0.6) is 17.2 Å². The fraction of sp³-hybridized carbons (Fsp3) is 0.316. The van der Waals surface area contributed by atoms with Crippen molar-refractivity contribution < 1.29 is 19.0 Å². The maximum absolute atomic E-state index is 11.7. The average Bonchev–Trinajstić information content (AvgIpc) is 2.65. The molecule has 7 heteroatoms. The van der Waals surface area contributed by atoms with Crippen LogP contribution in [0.15, 0.2) is 42.5 Å². The Balaban J connectivity index is 1.56. The zero-order valence-electron chi connectivity index (χ0n) is 14.9. The molecule has 0 aliphatic heterocycles. The number of carbonyl (C=O) groups is 1. The first-order valence-corrected chi connectivity index (χ1v) is 8.64. The number of hydrogen-bond donors (Lipinski definition) is 2. The first kappa shape index (κ1) is 19.7. The summed E-state index contributed by atoms with van der Waals surface area (Å²) in [5.41, 5.74) is 1.06. The molecule has 2 aromatic carbocycles. The lowest BCUT2D eigenvalue weighted by atomic mass is 10.2. The van der Waals surface area contributed by atoms with Crippen molar-refractivity contribution in [1.82, 2.24) is 10.6 Å². The summed E-state index contributed by atoms with van der Waals surface area (Å²) in [5, 5.41) is 5.98. The van der Waals surface area contributed by atoms with Crippen molar-refractivity contribution in [1.29, 1.82) is 0 Å². The largest absolute Gasteiger partial charge is 0.497 e. The van der Waals surface area contributed by atoms with Gasteiger partial charge in [-0.05, 0) is 48.9 Å². The van der Waals surface area contributed by atoms with E-state index in [0.717, 1.165) is 17.1 Å². The molecule has 0 bridgehead atoms. The first-order chi connectivity index (χ1) is 12.6. The fourth-order valence-electron chi connectivity index (χ4n) is 2.11. The minimum absolute atomic E-state index is 0.276. The predicted molar refractivity (Wildman–Crippen MR) is 102 cm³/mol. The molecule has 0 fully saturated rings. The molecule has 26 heavy (non-hydrogen) atoms. The van der Waals surface area contributed by atoms with Crippen molar-refractivity contribution in [3.8, 4) is 17.2 Å². The molecule has 0 radical (unpaired) electrons. The molecule has 0 saturated heterocycles. The van der Waals surface area contributed by atoms with E-state index in [1.165, 1.54) is 0 Å². The number of urea groups is 1. The van der Waals surface area contributed by atoms with E-state index in [2.05, 4.69) is 10.6 Å². The summed E-state index contributed by atoms with van der Waals surface area (Å²) in [7, 11) is 1.61. The number of benzene rings is 2. The van der Waals surface area contributed by atoms with Gasteiger partial charge in [-0.2, -0.15) is 0 Å². The van der Waals surface area contributed by atoms with E-state index in [4.69, 9.17) is 25.8 Å². The van der Waals surface area contributed by atoms with E-state index < -0.39 is 0 Å². The van der Waals surface area contributed by atoms with Gasteiger partial charge in [0.05, 0.1) is 25.2 Å². The maximum Gasteiger partial charge on any atom is 0.315 e. The van der Waals surface area contributed by atoms with Gasteiger partial charge in [0.15, 0.2) is 0 Å². The minimum Gasteiger partial charge on any atom is -0.497 e. The van der Waals surface area contributed by atoms with Crippen LogP contribution in [0.4, 0.5) is 4.79 Å². The summed E-state index contributed by atoms with van der Waals surface area (Å²) in [4.78, 5) is 11.7. The monoisotopic (exact) mass is 378 g/mol. The van der Waals surface area contributed by atoms with Crippen molar-refractivity contribution in [2.45, 2.75) is 6.92 Å². The van der Waals surface area contributed by atoms with Crippen LogP contribution >= 0.6 is 11.6 Å². The summed E-state index contributed by atoms with van der Waals surface area (Å²) >= 11 is 6.04. The quantitative estimate of drug-likeness (QED) is 0.656. The van der Waals surface area contributed by atoms with Crippen LogP contribution < -0.4 is 24.8 Å². The van der Waals surface area contributed by atoms with Crippen LogP contribution in [0.2, 0.25) is 5.02 Å². The van der Waals surface area contributed by atoms with Crippen LogP contribution in [0.3, 0.4) is 0 Å². The second kappa shape index (κ2) is 10.4. The molecular formula is C19H23ClN2O4. The number of amides is 2. The van der Waals surface area contributed by atoms with Crippen molar-refractivity contribution in [3.63, 3.8) is 0 Å². The number of nitrogens with one attached hydrogen (secondary N) is 2. The Hall–Kier alpha value is -2.60. The molecule has 0 spiro atoms. The Morgan fingerprint density at radius 3 is 2.23 bits per heavy atom. The maximum atomic E-state index is 11.7. The Bertz CT molecular complexity index is 707. The summed E-state index contributed by atoms with van der Waals surface area (Å²) in [6, 6.07) is 12.5. The molecule has 0 aliphatic rings. The lowest BCUT2D eigenvalue weighted by molar-refractivity contribution is 0.232. The molecule has 2 amide bonds. The van der Waals surface area contributed by atoms with Crippen molar-refractivity contribution in [2.75, 3.05) is 33.4 Å². The molecule has 0 unspecified atom stereocenters. The molecule has 2 rings (SSSR count). The molecule has 0 heterocycles. The summed E-state index contributed by atoms with van der Waals surface area (Å²) in [6.07, 6.45) is 0. The van der Waals surface area contributed by atoms with Gasteiger partial charge in [0.25, 0.3) is 0 Å². The summed E-state index contributed by atoms with van der Waals surface area (Å²) in [5.74, 6) is 2.10. The highest BCUT2D eigenvalue weighted by Gasteiger charge is 2.03. The van der Waals surface area contributed by atoms with Gasteiger partial charge in [0.2, 0.25) is 0 Å². The highest BCUT2D eigenvalue weighted by atomic mass is 35.5. The third-order valence-corrected chi connectivity index (χ3v) is 3.76. The van der Waals surface area contributed by atoms with Crippen molar-refractivity contribution in [2.24, 2.45) is 0 Å². The molecule has 0 aliphatic carbocycles. The van der Waals surface area contributed by atoms with E-state index in [9.17, 15) is 4.79 Å². The Labute approximate surface area is 158 Å². The lowest BCUT2D eigenvalue weighted by Gasteiger charge is -2.11. The van der Waals surface area contributed by atoms with Crippen LogP contribution in [-0.4, -0.2) is 39.4 Å². The van der Waals surface area contributed by atoms with Gasteiger partial charge in [-0.1, -0.05) is 17.7 Å². The highest BCUT2D eigenvalue weighted by molar-refractivity contribution is 6.32. The molecule has 0 aromatic heterocycles. The first-order valence-electron chi connectivity index (χ1n) is 8.26.